The van der Waals surface area contributed by atoms with Gasteiger partial charge in [0.15, 0.2) is 11.6 Å². The maximum absolute atomic E-state index is 14.0. The van der Waals surface area contributed by atoms with Gasteiger partial charge < -0.3 is 14.9 Å². The van der Waals surface area contributed by atoms with Crippen LogP contribution in [0.2, 0.25) is 0 Å². The highest BCUT2D eigenvalue weighted by molar-refractivity contribution is 7.27. The fourth-order valence-corrected chi connectivity index (χ4v) is 4.80. The first-order valence-electron chi connectivity index (χ1n) is 11.6. The molecule has 2 aromatic heterocycles. The third-order valence-electron chi connectivity index (χ3n) is 6.27. The average Bonchev–Trinajstić information content (AvgIpc) is 3.50. The molecule has 1 fully saturated rings. The first-order valence-corrected chi connectivity index (χ1v) is 12.2. The molecule has 1 saturated heterocycles. The van der Waals surface area contributed by atoms with Crippen molar-refractivity contribution in [1.82, 2.24) is 34.6 Å². The molecule has 13 heteroatoms. The fourth-order valence-electron chi connectivity index (χ4n) is 4.45. The van der Waals surface area contributed by atoms with Crippen molar-refractivity contribution in [3.05, 3.63) is 53.0 Å². The molecule has 2 atom stereocenters. The molecule has 3 aromatic rings. The van der Waals surface area contributed by atoms with Gasteiger partial charge >= 0.3 is 6.03 Å². The van der Waals surface area contributed by atoms with E-state index in [9.17, 15) is 14.3 Å². The van der Waals surface area contributed by atoms with Crippen molar-refractivity contribution < 1.29 is 14.3 Å². The van der Waals surface area contributed by atoms with Crippen LogP contribution >= 0.6 is 9.24 Å². The molecule has 1 aromatic carbocycles. The molecule has 11 nitrogen and oxygen atoms in total. The van der Waals surface area contributed by atoms with Crippen molar-refractivity contribution in [3.63, 3.8) is 0 Å². The summed E-state index contributed by atoms with van der Waals surface area (Å²) in [6, 6.07) is 4.21. The van der Waals surface area contributed by atoms with Crippen LogP contribution in [0.3, 0.4) is 0 Å². The Bertz CT molecular complexity index is 1300. The Hall–Kier alpha value is -3.50. The maximum atomic E-state index is 14.0. The number of hydrogen-bond donors (Lipinski definition) is 1. The lowest BCUT2D eigenvalue weighted by molar-refractivity contribution is 0.139. The van der Waals surface area contributed by atoms with Gasteiger partial charge in [-0.3, -0.25) is 0 Å². The van der Waals surface area contributed by atoms with E-state index >= 15 is 0 Å². The minimum atomic E-state index is -0.337. The minimum Gasteiger partial charge on any atom is -0.388 e. The van der Waals surface area contributed by atoms with Crippen LogP contribution in [0, 0.1) is 19.7 Å². The van der Waals surface area contributed by atoms with Crippen molar-refractivity contribution >= 4 is 32.7 Å². The molecular weight excluding hydrogens is 484 g/mol. The van der Waals surface area contributed by atoms with Crippen molar-refractivity contribution in [2.24, 2.45) is 5.10 Å². The van der Waals surface area contributed by atoms with Crippen molar-refractivity contribution in [1.29, 1.82) is 0 Å². The van der Waals surface area contributed by atoms with Crippen LogP contribution in [-0.4, -0.2) is 78.2 Å². The van der Waals surface area contributed by atoms with Gasteiger partial charge in [-0.15, -0.1) is 14.3 Å². The summed E-state index contributed by atoms with van der Waals surface area (Å²) in [5, 5.41) is 20.1. The molecule has 2 aliphatic heterocycles. The summed E-state index contributed by atoms with van der Waals surface area (Å²) in [7, 11) is 2.50. The molecular formula is C23H27FN9O2P. The highest BCUT2D eigenvalue weighted by Gasteiger charge is 2.33. The number of benzene rings is 1. The van der Waals surface area contributed by atoms with Crippen LogP contribution in [0.15, 0.2) is 29.5 Å². The number of nitrogens with zero attached hydrogens (tertiary/aromatic N) is 9. The van der Waals surface area contributed by atoms with Crippen molar-refractivity contribution in [2.45, 2.75) is 32.9 Å². The average molecular weight is 512 g/mol. The van der Waals surface area contributed by atoms with E-state index in [1.807, 2.05) is 17.9 Å². The molecule has 5 rings (SSSR count). The molecule has 0 saturated carbocycles. The summed E-state index contributed by atoms with van der Waals surface area (Å²) in [4.78, 5) is 30.5. The van der Waals surface area contributed by atoms with Crippen LogP contribution in [-0.2, 0) is 6.61 Å². The Kier molecular flexibility index (Phi) is 6.63. The van der Waals surface area contributed by atoms with Crippen LogP contribution in [0.4, 0.5) is 15.1 Å². The number of carbonyl (C=O) groups excluding carboxylic acids is 1. The van der Waals surface area contributed by atoms with Gasteiger partial charge in [-0.25, -0.2) is 24.2 Å². The Morgan fingerprint density at radius 3 is 2.64 bits per heavy atom. The number of amides is 2. The van der Waals surface area contributed by atoms with Gasteiger partial charge in [0.2, 0.25) is 5.95 Å². The summed E-state index contributed by atoms with van der Waals surface area (Å²) in [5.74, 6) is 1.75. The van der Waals surface area contributed by atoms with E-state index < -0.39 is 0 Å². The summed E-state index contributed by atoms with van der Waals surface area (Å²) < 4.78 is 15.6. The number of aryl methyl sites for hydroxylation is 2. The Morgan fingerprint density at radius 1 is 1.17 bits per heavy atom. The Labute approximate surface area is 209 Å². The van der Waals surface area contributed by atoms with Crippen LogP contribution in [0.25, 0.3) is 5.82 Å². The SMILES string of the molecule is Cc1cnc(N2CCN(C(=O)N3N=CCC3c3cc(F)cc(P)c3)CC2)nc1-n1nc(CO)nc1C. The fraction of sp³-hybridized carbons (Fsp3) is 0.391. The van der Waals surface area contributed by atoms with Crippen molar-refractivity contribution in [2.75, 3.05) is 31.1 Å². The first kappa shape index (κ1) is 24.2. The zero-order valence-electron chi connectivity index (χ0n) is 20.0. The number of hydrogen-bond acceptors (Lipinski definition) is 8. The van der Waals surface area contributed by atoms with Gasteiger partial charge in [-0.2, -0.15) is 14.8 Å². The number of halogens is 1. The Balaban J connectivity index is 1.28. The van der Waals surface area contributed by atoms with Gasteiger partial charge in [-0.05, 0) is 42.9 Å². The normalized spacial score (nSPS) is 17.8. The molecule has 4 heterocycles. The standard InChI is InChI=1S/C23H27FN9O2P/c1-14-12-25-22(28-21(14)32-15(2)27-20(13-34)29-32)30-5-7-31(8-6-30)23(35)33-19(3-4-26-33)16-9-17(24)11-18(36)10-16/h4,9-12,19,34H,3,5-8,13,36H2,1-2H3. The number of aliphatic hydroxyl groups is 1. The highest BCUT2D eigenvalue weighted by Crippen LogP contribution is 2.30. The third kappa shape index (κ3) is 4.66. The molecule has 1 N–H and O–H groups in total. The zero-order chi connectivity index (χ0) is 25.4. The number of carbonyl (C=O) groups is 1. The summed E-state index contributed by atoms with van der Waals surface area (Å²) in [5.41, 5.74) is 1.55. The van der Waals surface area contributed by atoms with Crippen LogP contribution < -0.4 is 10.2 Å². The van der Waals surface area contributed by atoms with Crippen LogP contribution in [0.1, 0.15) is 35.2 Å². The number of aromatic nitrogens is 5. The number of urea groups is 1. The molecule has 2 unspecified atom stereocenters. The first-order chi connectivity index (χ1) is 17.3. The summed E-state index contributed by atoms with van der Waals surface area (Å²) >= 11 is 0. The Morgan fingerprint density at radius 2 is 1.94 bits per heavy atom. The van der Waals surface area contributed by atoms with E-state index in [1.54, 1.807) is 28.9 Å². The predicted molar refractivity (Wildman–Crippen MR) is 135 cm³/mol. The van der Waals surface area contributed by atoms with Gasteiger partial charge in [0.1, 0.15) is 18.2 Å². The number of anilines is 1. The third-order valence-corrected chi connectivity index (χ3v) is 6.61. The van der Waals surface area contributed by atoms with Crippen LogP contribution in [0.5, 0.6) is 0 Å². The highest BCUT2D eigenvalue weighted by atomic mass is 31.0. The predicted octanol–water partition coefficient (Wildman–Crippen LogP) is 1.48. The molecule has 36 heavy (non-hydrogen) atoms. The molecule has 0 radical (unpaired) electrons. The quantitative estimate of drug-likeness (QED) is 0.528. The second-order valence-electron chi connectivity index (χ2n) is 8.79. The van der Waals surface area contributed by atoms with E-state index in [0.29, 0.717) is 56.0 Å². The second kappa shape index (κ2) is 9.87. The molecule has 2 aliphatic rings. The summed E-state index contributed by atoms with van der Waals surface area (Å²) in [6.07, 6.45) is 3.97. The molecule has 0 spiro atoms. The lowest BCUT2D eigenvalue weighted by Crippen LogP contribution is -2.52. The van der Waals surface area contributed by atoms with E-state index in [4.69, 9.17) is 4.98 Å². The van der Waals surface area contributed by atoms with E-state index in [0.717, 1.165) is 16.4 Å². The molecule has 2 amide bonds. The summed E-state index contributed by atoms with van der Waals surface area (Å²) in [6.45, 7) is 5.48. The lowest BCUT2D eigenvalue weighted by atomic mass is 10.0. The van der Waals surface area contributed by atoms with Gasteiger partial charge in [0.05, 0.1) is 6.04 Å². The molecule has 0 bridgehead atoms. The van der Waals surface area contributed by atoms with Gasteiger partial charge in [0.25, 0.3) is 0 Å². The monoisotopic (exact) mass is 511 g/mol. The second-order valence-corrected chi connectivity index (χ2v) is 9.46. The number of piperazine rings is 1. The zero-order valence-corrected chi connectivity index (χ0v) is 21.2. The minimum absolute atomic E-state index is 0.205. The van der Waals surface area contributed by atoms with E-state index in [1.165, 1.54) is 17.1 Å². The molecule has 0 aliphatic carbocycles. The smallest absolute Gasteiger partial charge is 0.341 e. The van der Waals surface area contributed by atoms with Gasteiger partial charge in [0, 0.05) is 50.6 Å². The maximum Gasteiger partial charge on any atom is 0.341 e. The van der Waals surface area contributed by atoms with Gasteiger partial charge in [-0.1, -0.05) is 0 Å². The van der Waals surface area contributed by atoms with E-state index in [2.05, 4.69) is 29.4 Å². The van der Waals surface area contributed by atoms with E-state index in [-0.39, 0.29) is 24.5 Å². The topological polar surface area (TPSA) is 116 Å². The molecule has 188 valence electrons. The lowest BCUT2D eigenvalue weighted by Gasteiger charge is -2.37. The largest absolute Gasteiger partial charge is 0.388 e. The number of rotatable bonds is 4. The van der Waals surface area contributed by atoms with Crippen molar-refractivity contribution in [3.8, 4) is 5.82 Å². The number of hydrazone groups is 1. The number of aliphatic hydroxyl groups excluding tert-OH is 1.